The highest BCUT2D eigenvalue weighted by Crippen LogP contribution is 2.28. The molecular formula is C17H20N4O3. The maximum Gasteiger partial charge on any atom is 0.211 e. The van der Waals surface area contributed by atoms with Crippen molar-refractivity contribution in [1.29, 1.82) is 0 Å². The fourth-order valence-corrected chi connectivity index (χ4v) is 2.05. The predicted molar refractivity (Wildman–Crippen MR) is 93.7 cm³/mol. The molecule has 24 heavy (non-hydrogen) atoms. The molecule has 0 aromatic heterocycles. The zero-order chi connectivity index (χ0) is 17.4. The summed E-state index contributed by atoms with van der Waals surface area (Å²) in [6.45, 7) is 0.313. The number of guanidine groups is 1. The predicted octanol–water partition coefficient (Wildman–Crippen LogP) is 1.89. The van der Waals surface area contributed by atoms with Gasteiger partial charge in [-0.3, -0.25) is 0 Å². The second-order valence-corrected chi connectivity index (χ2v) is 4.78. The van der Waals surface area contributed by atoms with Gasteiger partial charge < -0.3 is 25.7 Å². The first kappa shape index (κ1) is 17.1. The SMILES string of the molecule is COc1ccc(C=NN=C(N)N)cc1COc1ccccc1OC. The van der Waals surface area contributed by atoms with Gasteiger partial charge in [-0.05, 0) is 35.9 Å². The standard InChI is InChI=1S/C17H20N4O3/c1-22-14-8-7-12(10-20-21-17(18)19)9-13(14)11-24-16-6-4-3-5-15(16)23-2/h3-10H,11H2,1-2H3,(H4,18,19,21). The van der Waals surface area contributed by atoms with Crippen molar-refractivity contribution < 1.29 is 14.2 Å². The van der Waals surface area contributed by atoms with E-state index in [0.29, 0.717) is 23.9 Å². The summed E-state index contributed by atoms with van der Waals surface area (Å²) < 4.78 is 16.5. The Morgan fingerprint density at radius 3 is 2.38 bits per heavy atom. The van der Waals surface area contributed by atoms with E-state index < -0.39 is 0 Å². The van der Waals surface area contributed by atoms with Crippen LogP contribution in [0.5, 0.6) is 17.2 Å². The van der Waals surface area contributed by atoms with E-state index in [-0.39, 0.29) is 5.96 Å². The molecule has 0 aliphatic heterocycles. The Hall–Kier alpha value is -3.22. The molecule has 0 radical (unpaired) electrons. The number of ether oxygens (including phenoxy) is 3. The quantitative estimate of drug-likeness (QED) is 0.459. The van der Waals surface area contributed by atoms with Crippen LogP contribution >= 0.6 is 0 Å². The van der Waals surface area contributed by atoms with Crippen molar-refractivity contribution in [2.24, 2.45) is 21.7 Å². The lowest BCUT2D eigenvalue weighted by atomic mass is 10.1. The Bertz CT molecular complexity index is 740. The summed E-state index contributed by atoms with van der Waals surface area (Å²) in [6.07, 6.45) is 1.55. The van der Waals surface area contributed by atoms with E-state index in [1.54, 1.807) is 20.4 Å². The number of hydrogen-bond acceptors (Lipinski definition) is 5. The van der Waals surface area contributed by atoms with E-state index in [1.165, 1.54) is 0 Å². The van der Waals surface area contributed by atoms with Gasteiger partial charge in [0.25, 0.3) is 0 Å². The average Bonchev–Trinajstić information content (AvgIpc) is 2.60. The van der Waals surface area contributed by atoms with Crippen molar-refractivity contribution in [2.75, 3.05) is 14.2 Å². The van der Waals surface area contributed by atoms with E-state index in [2.05, 4.69) is 10.2 Å². The Labute approximate surface area is 140 Å². The van der Waals surface area contributed by atoms with E-state index in [4.69, 9.17) is 25.7 Å². The van der Waals surface area contributed by atoms with Crippen molar-refractivity contribution in [2.45, 2.75) is 6.61 Å². The van der Waals surface area contributed by atoms with Gasteiger partial charge in [0.05, 0.1) is 20.4 Å². The summed E-state index contributed by atoms with van der Waals surface area (Å²) in [5, 5.41) is 7.37. The highest BCUT2D eigenvalue weighted by molar-refractivity contribution is 5.82. The van der Waals surface area contributed by atoms with Crippen LogP contribution in [0.3, 0.4) is 0 Å². The largest absolute Gasteiger partial charge is 0.496 e. The third-order valence-electron chi connectivity index (χ3n) is 3.14. The smallest absolute Gasteiger partial charge is 0.211 e. The average molecular weight is 328 g/mol. The normalized spacial score (nSPS) is 10.4. The van der Waals surface area contributed by atoms with Crippen LogP contribution in [0.2, 0.25) is 0 Å². The summed E-state index contributed by atoms with van der Waals surface area (Å²) in [5.74, 6) is 1.94. The van der Waals surface area contributed by atoms with Gasteiger partial charge in [-0.25, -0.2) is 0 Å². The molecule has 0 bridgehead atoms. The molecule has 7 heteroatoms. The molecule has 0 aliphatic carbocycles. The number of hydrogen-bond donors (Lipinski definition) is 2. The Morgan fingerprint density at radius 2 is 1.71 bits per heavy atom. The molecule has 0 aliphatic rings. The maximum absolute atomic E-state index is 5.84. The van der Waals surface area contributed by atoms with Gasteiger partial charge >= 0.3 is 0 Å². The minimum Gasteiger partial charge on any atom is -0.496 e. The van der Waals surface area contributed by atoms with Crippen LogP contribution in [0.4, 0.5) is 0 Å². The van der Waals surface area contributed by atoms with E-state index >= 15 is 0 Å². The van der Waals surface area contributed by atoms with Gasteiger partial charge in [-0.2, -0.15) is 5.10 Å². The summed E-state index contributed by atoms with van der Waals surface area (Å²) >= 11 is 0. The number of benzene rings is 2. The Balaban J connectivity index is 2.18. The molecular weight excluding hydrogens is 308 g/mol. The first-order valence-electron chi connectivity index (χ1n) is 7.18. The molecule has 0 heterocycles. The van der Waals surface area contributed by atoms with Crippen LogP contribution in [0.15, 0.2) is 52.7 Å². The molecule has 0 fully saturated rings. The highest BCUT2D eigenvalue weighted by Gasteiger charge is 2.07. The second-order valence-electron chi connectivity index (χ2n) is 4.78. The minimum absolute atomic E-state index is 0.0977. The number of para-hydroxylation sites is 2. The van der Waals surface area contributed by atoms with Crippen LogP contribution in [-0.2, 0) is 6.61 Å². The van der Waals surface area contributed by atoms with Crippen molar-refractivity contribution in [3.05, 3.63) is 53.6 Å². The third kappa shape index (κ3) is 4.64. The molecule has 4 N–H and O–H groups in total. The third-order valence-corrected chi connectivity index (χ3v) is 3.14. The number of nitrogens with two attached hydrogens (primary N) is 2. The topological polar surface area (TPSA) is 104 Å². The highest BCUT2D eigenvalue weighted by atomic mass is 16.5. The molecule has 2 aromatic carbocycles. The van der Waals surface area contributed by atoms with Crippen LogP contribution < -0.4 is 25.7 Å². The molecule has 0 saturated carbocycles. The minimum atomic E-state index is -0.0977. The molecule has 0 amide bonds. The van der Waals surface area contributed by atoms with E-state index in [1.807, 2.05) is 42.5 Å². The van der Waals surface area contributed by atoms with Crippen LogP contribution in [0, 0.1) is 0 Å². The summed E-state index contributed by atoms with van der Waals surface area (Å²) in [7, 11) is 3.21. The van der Waals surface area contributed by atoms with Crippen LogP contribution in [-0.4, -0.2) is 26.4 Å². The van der Waals surface area contributed by atoms with Crippen LogP contribution in [0.25, 0.3) is 0 Å². The Kier molecular flexibility index (Phi) is 6.01. The van der Waals surface area contributed by atoms with Crippen molar-refractivity contribution in [1.82, 2.24) is 0 Å². The van der Waals surface area contributed by atoms with Crippen molar-refractivity contribution in [3.63, 3.8) is 0 Å². The molecule has 0 unspecified atom stereocenters. The first-order valence-corrected chi connectivity index (χ1v) is 7.18. The first-order chi connectivity index (χ1) is 11.6. The van der Waals surface area contributed by atoms with Crippen molar-refractivity contribution in [3.8, 4) is 17.2 Å². The van der Waals surface area contributed by atoms with Crippen LogP contribution in [0.1, 0.15) is 11.1 Å². The summed E-state index contributed by atoms with van der Waals surface area (Å²) in [6, 6.07) is 13.0. The fraction of sp³-hybridized carbons (Fsp3) is 0.176. The zero-order valence-corrected chi connectivity index (χ0v) is 13.6. The number of nitrogens with zero attached hydrogens (tertiary/aromatic N) is 2. The number of rotatable bonds is 7. The summed E-state index contributed by atoms with van der Waals surface area (Å²) in [4.78, 5) is 0. The van der Waals surface area contributed by atoms with E-state index in [9.17, 15) is 0 Å². The monoisotopic (exact) mass is 328 g/mol. The second kappa shape index (κ2) is 8.42. The van der Waals surface area contributed by atoms with Gasteiger partial charge in [0, 0.05) is 5.56 Å². The molecule has 2 aromatic rings. The molecule has 0 spiro atoms. The van der Waals surface area contributed by atoms with Gasteiger partial charge in [0.15, 0.2) is 11.5 Å². The van der Waals surface area contributed by atoms with Gasteiger partial charge in [-0.15, -0.1) is 5.10 Å². The maximum atomic E-state index is 5.84. The van der Waals surface area contributed by atoms with Gasteiger partial charge in [0.1, 0.15) is 12.4 Å². The lowest BCUT2D eigenvalue weighted by Gasteiger charge is -2.13. The molecule has 2 rings (SSSR count). The zero-order valence-electron chi connectivity index (χ0n) is 13.6. The number of methoxy groups -OCH3 is 2. The lowest BCUT2D eigenvalue weighted by Crippen LogP contribution is -2.21. The molecule has 0 saturated heterocycles. The molecule has 126 valence electrons. The fourth-order valence-electron chi connectivity index (χ4n) is 2.05. The molecule has 7 nitrogen and oxygen atoms in total. The summed E-state index contributed by atoms with van der Waals surface area (Å²) in [5.41, 5.74) is 12.1. The van der Waals surface area contributed by atoms with Gasteiger partial charge in [-0.1, -0.05) is 12.1 Å². The van der Waals surface area contributed by atoms with Gasteiger partial charge in [0.2, 0.25) is 5.96 Å². The van der Waals surface area contributed by atoms with E-state index in [0.717, 1.165) is 11.1 Å². The molecule has 0 atom stereocenters. The van der Waals surface area contributed by atoms with Crippen molar-refractivity contribution >= 4 is 12.2 Å². The Morgan fingerprint density at radius 1 is 1.00 bits per heavy atom. The lowest BCUT2D eigenvalue weighted by molar-refractivity contribution is 0.278.